The lowest BCUT2D eigenvalue weighted by Crippen LogP contribution is -2.25. The van der Waals surface area contributed by atoms with E-state index in [2.05, 4.69) is 0 Å². The van der Waals surface area contributed by atoms with Crippen molar-refractivity contribution in [1.82, 2.24) is 0 Å². The molecular formula is C14H21ClO3. The lowest BCUT2D eigenvalue weighted by atomic mass is 10.1. The molecule has 1 N–H and O–H groups in total. The Morgan fingerprint density at radius 1 is 1.39 bits per heavy atom. The number of aliphatic hydroxyl groups is 1. The quantitative estimate of drug-likeness (QED) is 0.860. The molecule has 1 aromatic carbocycles. The summed E-state index contributed by atoms with van der Waals surface area (Å²) in [4.78, 5) is 0. The van der Waals surface area contributed by atoms with Crippen LogP contribution in [0, 0.1) is 0 Å². The molecule has 0 amide bonds. The Bertz CT molecular complexity index is 389. The van der Waals surface area contributed by atoms with Crippen LogP contribution in [0.2, 0.25) is 5.02 Å². The molecule has 0 aliphatic heterocycles. The van der Waals surface area contributed by atoms with Gasteiger partial charge in [-0.3, -0.25) is 0 Å². The van der Waals surface area contributed by atoms with E-state index in [4.69, 9.17) is 21.1 Å². The largest absolute Gasteiger partial charge is 0.492 e. The van der Waals surface area contributed by atoms with Crippen molar-refractivity contribution < 1.29 is 14.6 Å². The third-order valence-corrected chi connectivity index (χ3v) is 3.25. The molecule has 0 saturated carbocycles. The first-order valence-electron chi connectivity index (χ1n) is 6.01. The van der Waals surface area contributed by atoms with Gasteiger partial charge in [-0.05, 0) is 38.5 Å². The summed E-state index contributed by atoms with van der Waals surface area (Å²) >= 11 is 6.09. The number of halogens is 1. The second kappa shape index (κ2) is 6.41. The van der Waals surface area contributed by atoms with E-state index in [0.717, 1.165) is 12.0 Å². The van der Waals surface area contributed by atoms with Gasteiger partial charge < -0.3 is 14.6 Å². The summed E-state index contributed by atoms with van der Waals surface area (Å²) in [5, 5.41) is 9.95. The Morgan fingerprint density at radius 2 is 2.06 bits per heavy atom. The van der Waals surface area contributed by atoms with Crippen LogP contribution in [0.1, 0.15) is 38.9 Å². The van der Waals surface area contributed by atoms with E-state index in [-0.39, 0.29) is 5.60 Å². The van der Waals surface area contributed by atoms with Crippen LogP contribution in [0.25, 0.3) is 0 Å². The summed E-state index contributed by atoms with van der Waals surface area (Å²) in [7, 11) is 1.68. The Labute approximate surface area is 114 Å². The summed E-state index contributed by atoms with van der Waals surface area (Å²) in [6, 6.07) is 5.32. The van der Waals surface area contributed by atoms with Crippen LogP contribution in [0.3, 0.4) is 0 Å². The Balaban J connectivity index is 2.58. The smallest absolute Gasteiger partial charge is 0.137 e. The molecule has 0 heterocycles. The van der Waals surface area contributed by atoms with Crippen LogP contribution >= 0.6 is 11.6 Å². The number of ether oxygens (including phenoxy) is 2. The maximum absolute atomic E-state index is 9.44. The molecule has 0 saturated heterocycles. The van der Waals surface area contributed by atoms with Crippen molar-refractivity contribution >= 4 is 11.6 Å². The van der Waals surface area contributed by atoms with Crippen LogP contribution in [0.15, 0.2) is 18.2 Å². The number of rotatable bonds is 6. The van der Waals surface area contributed by atoms with Gasteiger partial charge in [-0.1, -0.05) is 17.7 Å². The van der Waals surface area contributed by atoms with Crippen LogP contribution in [0.5, 0.6) is 5.75 Å². The van der Waals surface area contributed by atoms with Gasteiger partial charge in [0.1, 0.15) is 5.75 Å². The van der Waals surface area contributed by atoms with E-state index in [0.29, 0.717) is 17.4 Å². The summed E-state index contributed by atoms with van der Waals surface area (Å²) in [6.45, 7) is 6.25. The Hall–Kier alpha value is -0.770. The van der Waals surface area contributed by atoms with E-state index >= 15 is 0 Å². The van der Waals surface area contributed by atoms with Crippen LogP contribution in [-0.4, -0.2) is 24.4 Å². The number of benzene rings is 1. The zero-order valence-corrected chi connectivity index (χ0v) is 12.1. The summed E-state index contributed by atoms with van der Waals surface area (Å²) in [5.74, 6) is 0.632. The molecule has 0 bridgehead atoms. The molecule has 4 heteroatoms. The van der Waals surface area contributed by atoms with Crippen molar-refractivity contribution in [3.63, 3.8) is 0 Å². The monoisotopic (exact) mass is 272 g/mol. The molecule has 1 unspecified atom stereocenters. The van der Waals surface area contributed by atoms with Gasteiger partial charge in [0.05, 0.1) is 23.3 Å². The fourth-order valence-electron chi connectivity index (χ4n) is 1.40. The van der Waals surface area contributed by atoms with Gasteiger partial charge in [-0.25, -0.2) is 0 Å². The minimum absolute atomic E-state index is 0.202. The predicted octanol–water partition coefficient (Wildman–Crippen LogP) is 3.59. The van der Waals surface area contributed by atoms with Gasteiger partial charge in [-0.2, -0.15) is 0 Å². The Kier molecular flexibility index (Phi) is 5.45. The maximum atomic E-state index is 9.44. The standard InChI is InChI=1S/C14H21ClO3/c1-10(16)11-5-6-13(12(15)9-11)18-8-7-14(2,3)17-4/h5-6,9-10,16H,7-8H2,1-4H3. The van der Waals surface area contributed by atoms with Crippen molar-refractivity contribution in [2.75, 3.05) is 13.7 Å². The van der Waals surface area contributed by atoms with Gasteiger partial charge >= 0.3 is 0 Å². The lowest BCUT2D eigenvalue weighted by molar-refractivity contribution is 0.00546. The highest BCUT2D eigenvalue weighted by Gasteiger charge is 2.16. The molecule has 1 aromatic rings. The van der Waals surface area contributed by atoms with Crippen molar-refractivity contribution in [3.8, 4) is 5.75 Å². The zero-order chi connectivity index (χ0) is 13.8. The van der Waals surface area contributed by atoms with Crippen molar-refractivity contribution in [1.29, 1.82) is 0 Å². The molecule has 0 aliphatic rings. The van der Waals surface area contributed by atoms with E-state index in [1.54, 1.807) is 26.2 Å². The molecule has 3 nitrogen and oxygen atoms in total. The predicted molar refractivity (Wildman–Crippen MR) is 73.3 cm³/mol. The van der Waals surface area contributed by atoms with Gasteiger partial charge in [0, 0.05) is 13.5 Å². The second-order valence-electron chi connectivity index (χ2n) is 4.93. The average molecular weight is 273 g/mol. The van der Waals surface area contributed by atoms with Crippen LogP contribution in [0.4, 0.5) is 0 Å². The third-order valence-electron chi connectivity index (χ3n) is 2.95. The molecule has 102 valence electrons. The molecule has 0 radical (unpaired) electrons. The number of methoxy groups -OCH3 is 1. The molecule has 0 aromatic heterocycles. The first kappa shape index (κ1) is 15.3. The van der Waals surface area contributed by atoms with Crippen LogP contribution in [-0.2, 0) is 4.74 Å². The molecule has 1 atom stereocenters. The summed E-state index contributed by atoms with van der Waals surface area (Å²) in [5.41, 5.74) is 0.580. The summed E-state index contributed by atoms with van der Waals surface area (Å²) < 4.78 is 10.9. The fraction of sp³-hybridized carbons (Fsp3) is 0.571. The first-order chi connectivity index (χ1) is 8.35. The van der Waals surface area contributed by atoms with Crippen molar-refractivity contribution in [2.45, 2.75) is 38.9 Å². The zero-order valence-electron chi connectivity index (χ0n) is 11.4. The minimum atomic E-state index is -0.524. The molecular weight excluding hydrogens is 252 g/mol. The lowest BCUT2D eigenvalue weighted by Gasteiger charge is -2.22. The van der Waals surface area contributed by atoms with E-state index in [9.17, 15) is 5.11 Å². The number of hydrogen-bond donors (Lipinski definition) is 1. The van der Waals surface area contributed by atoms with Crippen LogP contribution < -0.4 is 4.74 Å². The van der Waals surface area contributed by atoms with Gasteiger partial charge in [0.15, 0.2) is 0 Å². The van der Waals surface area contributed by atoms with Gasteiger partial charge in [0.2, 0.25) is 0 Å². The molecule has 1 rings (SSSR count). The van der Waals surface area contributed by atoms with Crippen molar-refractivity contribution in [2.24, 2.45) is 0 Å². The third kappa shape index (κ3) is 4.48. The minimum Gasteiger partial charge on any atom is -0.492 e. The highest BCUT2D eigenvalue weighted by Crippen LogP contribution is 2.28. The van der Waals surface area contributed by atoms with E-state index in [1.165, 1.54) is 0 Å². The van der Waals surface area contributed by atoms with E-state index in [1.807, 2.05) is 19.9 Å². The van der Waals surface area contributed by atoms with Gasteiger partial charge in [-0.15, -0.1) is 0 Å². The highest BCUT2D eigenvalue weighted by molar-refractivity contribution is 6.32. The summed E-state index contributed by atoms with van der Waals surface area (Å²) in [6.07, 6.45) is 0.252. The molecule has 0 fully saturated rings. The molecule has 18 heavy (non-hydrogen) atoms. The number of hydrogen-bond acceptors (Lipinski definition) is 3. The number of aliphatic hydroxyl groups excluding tert-OH is 1. The first-order valence-corrected chi connectivity index (χ1v) is 6.39. The van der Waals surface area contributed by atoms with Crippen molar-refractivity contribution in [3.05, 3.63) is 28.8 Å². The molecule has 0 aliphatic carbocycles. The average Bonchev–Trinajstić information content (AvgIpc) is 2.31. The SMILES string of the molecule is COC(C)(C)CCOc1ccc(C(C)O)cc1Cl. The highest BCUT2D eigenvalue weighted by atomic mass is 35.5. The topological polar surface area (TPSA) is 38.7 Å². The normalized spacial score (nSPS) is 13.4. The maximum Gasteiger partial charge on any atom is 0.137 e. The van der Waals surface area contributed by atoms with E-state index < -0.39 is 6.10 Å². The Morgan fingerprint density at radius 3 is 2.56 bits per heavy atom. The molecule has 0 spiro atoms. The fourth-order valence-corrected chi connectivity index (χ4v) is 1.65. The van der Waals surface area contributed by atoms with Gasteiger partial charge in [0.25, 0.3) is 0 Å². The second-order valence-corrected chi connectivity index (χ2v) is 5.34.